The van der Waals surface area contributed by atoms with E-state index in [-0.39, 0.29) is 24.8 Å². The van der Waals surface area contributed by atoms with Crippen LogP contribution in [-0.2, 0) is 6.54 Å². The van der Waals surface area contributed by atoms with Crippen molar-refractivity contribution in [1.82, 2.24) is 15.2 Å². The Hall–Kier alpha value is -0.580. The summed E-state index contributed by atoms with van der Waals surface area (Å²) in [5.41, 5.74) is 3.18. The van der Waals surface area contributed by atoms with Crippen molar-refractivity contribution in [2.24, 2.45) is 0 Å². The second-order valence-corrected chi connectivity index (χ2v) is 5.77. The Kier molecular flexibility index (Phi) is 7.87. The van der Waals surface area contributed by atoms with E-state index in [0.29, 0.717) is 0 Å². The van der Waals surface area contributed by atoms with Crippen LogP contribution in [0.1, 0.15) is 17.7 Å². The lowest BCUT2D eigenvalue weighted by Gasteiger charge is -2.20. The molecular weight excluding hydrogens is 341 g/mol. The predicted octanol–water partition coefficient (Wildman–Crippen LogP) is 3.84. The maximum absolute atomic E-state index is 6.53. The van der Waals surface area contributed by atoms with Crippen LogP contribution in [0.15, 0.2) is 24.3 Å². The van der Waals surface area contributed by atoms with E-state index >= 15 is 0 Å². The van der Waals surface area contributed by atoms with Crippen LogP contribution in [0.3, 0.4) is 0 Å². The van der Waals surface area contributed by atoms with Gasteiger partial charge in [-0.15, -0.1) is 24.8 Å². The molecule has 1 N–H and O–H groups in total. The topological polar surface area (TPSA) is 28.2 Å². The van der Waals surface area contributed by atoms with Crippen molar-refractivity contribution >= 4 is 47.3 Å². The van der Waals surface area contributed by atoms with Gasteiger partial charge in [-0.3, -0.25) is 4.90 Å². The van der Waals surface area contributed by atoms with Gasteiger partial charge >= 0.3 is 0 Å². The number of fused-ring (bicyclic) bond motifs is 1. The summed E-state index contributed by atoms with van der Waals surface area (Å²) < 4.78 is 0. The summed E-state index contributed by atoms with van der Waals surface area (Å²) >= 11 is 6.53. The van der Waals surface area contributed by atoms with E-state index in [1.807, 2.05) is 12.1 Å². The van der Waals surface area contributed by atoms with Crippen LogP contribution in [-0.4, -0.2) is 36.1 Å². The van der Waals surface area contributed by atoms with Crippen LogP contribution < -0.4 is 5.32 Å². The average molecular weight is 363 g/mol. The zero-order chi connectivity index (χ0) is 13.9. The van der Waals surface area contributed by atoms with Crippen molar-refractivity contribution in [2.75, 3.05) is 26.2 Å². The molecule has 0 unspecified atom stereocenters. The number of hydrogen-bond donors (Lipinski definition) is 1. The maximum Gasteiger partial charge on any atom is 0.0740 e. The molecule has 1 fully saturated rings. The molecular formula is C16H22Cl3N3. The smallest absolute Gasteiger partial charge is 0.0740 e. The molecule has 1 aromatic heterocycles. The first-order valence-electron chi connectivity index (χ1n) is 7.22. The highest BCUT2D eigenvalue weighted by Gasteiger charge is 2.15. The fraction of sp³-hybridized carbons (Fsp3) is 0.438. The first-order chi connectivity index (χ1) is 9.75. The maximum atomic E-state index is 6.53. The second kappa shape index (κ2) is 8.90. The van der Waals surface area contributed by atoms with Crippen molar-refractivity contribution in [3.63, 3.8) is 0 Å². The Balaban J connectivity index is 0.00000121. The first-order valence-corrected chi connectivity index (χ1v) is 7.60. The minimum atomic E-state index is 0. The fourth-order valence-corrected chi connectivity index (χ4v) is 3.00. The SMILES string of the molecule is Cc1c(Cl)c(CN2CCCNCC2)nc2ccccc12.Cl.Cl. The molecule has 0 aliphatic carbocycles. The summed E-state index contributed by atoms with van der Waals surface area (Å²) in [7, 11) is 0. The lowest BCUT2D eigenvalue weighted by atomic mass is 10.1. The third-order valence-corrected chi connectivity index (χ3v) is 4.45. The molecule has 0 amide bonds. The zero-order valence-electron chi connectivity index (χ0n) is 12.6. The number of nitrogens with one attached hydrogen (secondary N) is 1. The summed E-state index contributed by atoms with van der Waals surface area (Å²) in [5, 5.41) is 5.40. The number of para-hydroxylation sites is 1. The van der Waals surface area contributed by atoms with E-state index in [9.17, 15) is 0 Å². The predicted molar refractivity (Wildman–Crippen MR) is 98.7 cm³/mol. The van der Waals surface area contributed by atoms with Gasteiger partial charge in [0, 0.05) is 25.0 Å². The highest BCUT2D eigenvalue weighted by Crippen LogP contribution is 2.27. The first kappa shape index (κ1) is 19.5. The lowest BCUT2D eigenvalue weighted by Crippen LogP contribution is -2.28. The largest absolute Gasteiger partial charge is 0.315 e. The van der Waals surface area contributed by atoms with Gasteiger partial charge in [-0.2, -0.15) is 0 Å². The van der Waals surface area contributed by atoms with Gasteiger partial charge in [0.1, 0.15) is 0 Å². The van der Waals surface area contributed by atoms with Crippen molar-refractivity contribution in [1.29, 1.82) is 0 Å². The molecule has 0 saturated carbocycles. The Labute approximate surface area is 149 Å². The second-order valence-electron chi connectivity index (χ2n) is 5.39. The number of aromatic nitrogens is 1. The quantitative estimate of drug-likeness (QED) is 0.880. The van der Waals surface area contributed by atoms with Crippen LogP contribution in [0.2, 0.25) is 5.02 Å². The van der Waals surface area contributed by atoms with Gasteiger partial charge in [-0.25, -0.2) is 4.98 Å². The summed E-state index contributed by atoms with van der Waals surface area (Å²) in [5.74, 6) is 0. The van der Waals surface area contributed by atoms with Crippen molar-refractivity contribution in [3.05, 3.63) is 40.5 Å². The highest BCUT2D eigenvalue weighted by molar-refractivity contribution is 6.32. The number of hydrogen-bond acceptors (Lipinski definition) is 3. The van der Waals surface area contributed by atoms with Crippen molar-refractivity contribution < 1.29 is 0 Å². The van der Waals surface area contributed by atoms with E-state index in [2.05, 4.69) is 29.3 Å². The Bertz CT molecular complexity index is 611. The fourth-order valence-electron chi connectivity index (χ4n) is 2.79. The molecule has 2 heterocycles. The van der Waals surface area contributed by atoms with E-state index in [1.54, 1.807) is 0 Å². The standard InChI is InChI=1S/C16H20ClN3.2ClH/c1-12-13-5-2-3-6-14(13)19-15(16(12)17)11-20-9-4-7-18-8-10-20;;/h2-3,5-6,18H,4,7-11H2,1H3;2*1H. The van der Waals surface area contributed by atoms with E-state index in [0.717, 1.165) is 59.9 Å². The number of rotatable bonds is 2. The number of pyridine rings is 1. The molecule has 1 aliphatic rings. The normalized spacial score (nSPS) is 15.7. The van der Waals surface area contributed by atoms with Gasteiger partial charge in [-0.1, -0.05) is 29.8 Å². The molecule has 0 radical (unpaired) electrons. The molecule has 0 spiro atoms. The van der Waals surface area contributed by atoms with Gasteiger partial charge in [-0.05, 0) is 38.1 Å². The van der Waals surface area contributed by atoms with Crippen LogP contribution in [0.25, 0.3) is 10.9 Å². The number of aryl methyl sites for hydroxylation is 1. The van der Waals surface area contributed by atoms with Crippen LogP contribution >= 0.6 is 36.4 Å². The zero-order valence-corrected chi connectivity index (χ0v) is 15.0. The van der Waals surface area contributed by atoms with E-state index < -0.39 is 0 Å². The molecule has 122 valence electrons. The van der Waals surface area contributed by atoms with Crippen molar-refractivity contribution in [3.8, 4) is 0 Å². The van der Waals surface area contributed by atoms with E-state index in [4.69, 9.17) is 16.6 Å². The van der Waals surface area contributed by atoms with Crippen molar-refractivity contribution in [2.45, 2.75) is 19.9 Å². The number of halogens is 3. The summed E-state index contributed by atoms with van der Waals surface area (Å²) in [4.78, 5) is 7.20. The minimum absolute atomic E-state index is 0. The third kappa shape index (κ3) is 4.24. The molecule has 2 aromatic rings. The molecule has 0 bridgehead atoms. The lowest BCUT2D eigenvalue weighted by molar-refractivity contribution is 0.281. The van der Waals surface area contributed by atoms with Crippen LogP contribution in [0, 0.1) is 6.92 Å². The highest BCUT2D eigenvalue weighted by atomic mass is 35.5. The Morgan fingerprint density at radius 2 is 1.95 bits per heavy atom. The average Bonchev–Trinajstić information content (AvgIpc) is 2.73. The van der Waals surface area contributed by atoms with Gasteiger partial charge in [0.15, 0.2) is 0 Å². The summed E-state index contributed by atoms with van der Waals surface area (Å²) in [6.07, 6.45) is 1.18. The third-order valence-electron chi connectivity index (χ3n) is 3.95. The molecule has 0 atom stereocenters. The molecule has 1 aliphatic heterocycles. The molecule has 3 nitrogen and oxygen atoms in total. The molecule has 6 heteroatoms. The Morgan fingerprint density at radius 1 is 1.18 bits per heavy atom. The van der Waals surface area contributed by atoms with E-state index in [1.165, 1.54) is 6.42 Å². The molecule has 22 heavy (non-hydrogen) atoms. The minimum Gasteiger partial charge on any atom is -0.315 e. The molecule has 1 saturated heterocycles. The number of nitrogens with zero attached hydrogens (tertiary/aromatic N) is 2. The monoisotopic (exact) mass is 361 g/mol. The molecule has 1 aromatic carbocycles. The van der Waals surface area contributed by atoms with Gasteiger partial charge in [0.25, 0.3) is 0 Å². The molecule has 3 rings (SSSR count). The summed E-state index contributed by atoms with van der Waals surface area (Å²) in [6, 6.07) is 8.21. The summed E-state index contributed by atoms with van der Waals surface area (Å²) in [6.45, 7) is 7.24. The Morgan fingerprint density at radius 3 is 2.77 bits per heavy atom. The van der Waals surface area contributed by atoms with Gasteiger partial charge < -0.3 is 5.32 Å². The number of benzene rings is 1. The van der Waals surface area contributed by atoms with Gasteiger partial charge in [0.2, 0.25) is 0 Å². The van der Waals surface area contributed by atoms with Crippen LogP contribution in [0.4, 0.5) is 0 Å². The van der Waals surface area contributed by atoms with Crippen LogP contribution in [0.5, 0.6) is 0 Å². The van der Waals surface area contributed by atoms with Gasteiger partial charge in [0.05, 0.1) is 16.2 Å².